The van der Waals surface area contributed by atoms with E-state index in [1.165, 1.54) is 6.07 Å². The van der Waals surface area contributed by atoms with Gasteiger partial charge in [-0.2, -0.15) is 18.4 Å². The fourth-order valence-electron chi connectivity index (χ4n) is 2.50. The molecule has 1 aromatic carbocycles. The number of halogens is 3. The molecule has 1 aromatic rings. The Labute approximate surface area is 131 Å². The molecular weight excluding hydrogens is 311 g/mol. The molecular formula is C15H16F3N3O2. The van der Waals surface area contributed by atoms with Crippen LogP contribution in [0.2, 0.25) is 0 Å². The van der Waals surface area contributed by atoms with E-state index in [0.717, 1.165) is 12.1 Å². The summed E-state index contributed by atoms with van der Waals surface area (Å²) in [4.78, 5) is 11.8. The smallest absolute Gasteiger partial charge is 0.383 e. The van der Waals surface area contributed by atoms with Crippen LogP contribution in [0.15, 0.2) is 18.2 Å². The molecule has 0 radical (unpaired) electrons. The van der Waals surface area contributed by atoms with E-state index in [-0.39, 0.29) is 17.8 Å². The third-order valence-corrected chi connectivity index (χ3v) is 4.06. The van der Waals surface area contributed by atoms with Crippen LogP contribution >= 0.6 is 0 Å². The number of alkyl halides is 3. The summed E-state index contributed by atoms with van der Waals surface area (Å²) >= 11 is 0. The first-order valence-electron chi connectivity index (χ1n) is 7.01. The summed E-state index contributed by atoms with van der Waals surface area (Å²) in [5.41, 5.74) is 3.86. The van der Waals surface area contributed by atoms with Gasteiger partial charge in [-0.1, -0.05) is 0 Å². The van der Waals surface area contributed by atoms with Crippen LogP contribution in [0.1, 0.15) is 24.0 Å². The highest BCUT2D eigenvalue weighted by Crippen LogP contribution is 2.33. The number of hydrogen-bond acceptors (Lipinski definition) is 4. The van der Waals surface area contributed by atoms with Gasteiger partial charge in [-0.05, 0) is 31.0 Å². The summed E-state index contributed by atoms with van der Waals surface area (Å²) in [6, 6.07) is 4.60. The van der Waals surface area contributed by atoms with Crippen molar-refractivity contribution in [1.82, 2.24) is 0 Å². The van der Waals surface area contributed by atoms with Crippen molar-refractivity contribution in [3.8, 4) is 6.07 Å². The number of nitrogens with zero attached hydrogens (tertiary/aromatic N) is 1. The zero-order chi connectivity index (χ0) is 17.1. The largest absolute Gasteiger partial charge is 0.416 e. The SMILES string of the molecule is N#Cc1cc(C(F)(F)F)ccc1NCC1(C(N)=O)CCOCC1. The van der Waals surface area contributed by atoms with Gasteiger partial charge in [0, 0.05) is 19.8 Å². The van der Waals surface area contributed by atoms with Gasteiger partial charge in [0.1, 0.15) is 6.07 Å². The summed E-state index contributed by atoms with van der Waals surface area (Å²) in [5.74, 6) is -0.487. The maximum absolute atomic E-state index is 12.7. The summed E-state index contributed by atoms with van der Waals surface area (Å²) in [5, 5.41) is 11.9. The van der Waals surface area contributed by atoms with Crippen molar-refractivity contribution < 1.29 is 22.7 Å². The molecule has 0 atom stereocenters. The molecule has 2 rings (SSSR count). The first-order chi connectivity index (χ1) is 10.8. The number of amides is 1. The molecule has 8 heteroatoms. The number of nitrogens with one attached hydrogen (secondary N) is 1. The van der Waals surface area contributed by atoms with Crippen molar-refractivity contribution >= 4 is 11.6 Å². The van der Waals surface area contributed by atoms with Gasteiger partial charge < -0.3 is 15.8 Å². The van der Waals surface area contributed by atoms with Gasteiger partial charge in [-0.3, -0.25) is 4.79 Å². The van der Waals surface area contributed by atoms with Crippen molar-refractivity contribution in [2.24, 2.45) is 11.1 Å². The monoisotopic (exact) mass is 327 g/mol. The van der Waals surface area contributed by atoms with E-state index >= 15 is 0 Å². The third-order valence-electron chi connectivity index (χ3n) is 4.06. The molecule has 23 heavy (non-hydrogen) atoms. The maximum atomic E-state index is 12.7. The number of primary amides is 1. The Balaban J connectivity index is 2.20. The summed E-state index contributed by atoms with van der Waals surface area (Å²) in [7, 11) is 0. The Morgan fingerprint density at radius 2 is 2.04 bits per heavy atom. The molecule has 1 heterocycles. The quantitative estimate of drug-likeness (QED) is 0.888. The molecule has 1 fully saturated rings. The number of benzene rings is 1. The van der Waals surface area contributed by atoms with Crippen molar-refractivity contribution in [3.63, 3.8) is 0 Å². The standard InChI is InChI=1S/C15H16F3N3O2/c16-15(17,18)11-1-2-12(10(7-11)8-19)21-9-14(13(20)22)3-5-23-6-4-14/h1-2,7,21H,3-6,9H2,(H2,20,22). The van der Waals surface area contributed by atoms with Crippen LogP contribution in [0.5, 0.6) is 0 Å². The number of carbonyl (C=O) groups is 1. The second-order valence-corrected chi connectivity index (χ2v) is 5.48. The minimum absolute atomic E-state index is 0.133. The number of carbonyl (C=O) groups excluding carboxylic acids is 1. The Kier molecular flexibility index (Phi) is 4.80. The Hall–Kier alpha value is -2.27. The van der Waals surface area contributed by atoms with Crippen LogP contribution in [-0.4, -0.2) is 25.7 Å². The first kappa shape index (κ1) is 17.1. The predicted molar refractivity (Wildman–Crippen MR) is 76.3 cm³/mol. The van der Waals surface area contributed by atoms with Crippen molar-refractivity contribution in [3.05, 3.63) is 29.3 Å². The van der Waals surface area contributed by atoms with E-state index in [1.807, 2.05) is 0 Å². The van der Waals surface area contributed by atoms with E-state index in [9.17, 15) is 18.0 Å². The number of nitrogens with two attached hydrogens (primary N) is 1. The van der Waals surface area contributed by atoms with Crippen LogP contribution in [0.25, 0.3) is 0 Å². The van der Waals surface area contributed by atoms with Gasteiger partial charge in [0.2, 0.25) is 5.91 Å². The van der Waals surface area contributed by atoms with Crippen LogP contribution in [-0.2, 0) is 15.7 Å². The number of ether oxygens (including phenoxy) is 1. The number of anilines is 1. The molecule has 0 unspecified atom stereocenters. The molecule has 3 N–H and O–H groups in total. The van der Waals surface area contributed by atoms with Gasteiger partial charge in [-0.25, -0.2) is 0 Å². The summed E-state index contributed by atoms with van der Waals surface area (Å²) in [6.45, 7) is 0.928. The molecule has 124 valence electrons. The van der Waals surface area contributed by atoms with Gasteiger partial charge in [0.25, 0.3) is 0 Å². The van der Waals surface area contributed by atoms with Crippen molar-refractivity contribution in [2.45, 2.75) is 19.0 Å². The van der Waals surface area contributed by atoms with Gasteiger partial charge in [0.15, 0.2) is 0 Å². The minimum atomic E-state index is -4.51. The maximum Gasteiger partial charge on any atom is 0.416 e. The van der Waals surface area contributed by atoms with Crippen molar-refractivity contribution in [2.75, 3.05) is 25.1 Å². The molecule has 1 aliphatic rings. The number of hydrogen-bond donors (Lipinski definition) is 2. The van der Waals surface area contributed by atoms with E-state index in [2.05, 4.69) is 5.32 Å². The predicted octanol–water partition coefficient (Wildman–Crippen LogP) is 2.27. The highest BCUT2D eigenvalue weighted by molar-refractivity contribution is 5.81. The highest BCUT2D eigenvalue weighted by Gasteiger charge is 2.38. The summed E-state index contributed by atoms with van der Waals surface area (Å²) < 4.78 is 43.2. The highest BCUT2D eigenvalue weighted by atomic mass is 19.4. The Morgan fingerprint density at radius 1 is 1.39 bits per heavy atom. The van der Waals surface area contributed by atoms with E-state index in [1.54, 1.807) is 6.07 Å². The van der Waals surface area contributed by atoms with Crippen LogP contribution in [0.3, 0.4) is 0 Å². The second kappa shape index (κ2) is 6.46. The normalized spacial score (nSPS) is 17.3. The summed E-state index contributed by atoms with van der Waals surface area (Å²) in [6.07, 6.45) is -3.66. The minimum Gasteiger partial charge on any atom is -0.383 e. The fourth-order valence-corrected chi connectivity index (χ4v) is 2.50. The van der Waals surface area contributed by atoms with Gasteiger partial charge in [0.05, 0.1) is 22.2 Å². The topological polar surface area (TPSA) is 88.1 Å². The molecule has 0 aromatic heterocycles. The van der Waals surface area contributed by atoms with Crippen molar-refractivity contribution in [1.29, 1.82) is 5.26 Å². The molecule has 0 aliphatic carbocycles. The molecule has 0 saturated carbocycles. The molecule has 0 bridgehead atoms. The van der Waals surface area contributed by atoms with E-state index < -0.39 is 23.1 Å². The van der Waals surface area contributed by atoms with Crippen LogP contribution < -0.4 is 11.1 Å². The van der Waals surface area contributed by atoms with Crippen LogP contribution in [0.4, 0.5) is 18.9 Å². The molecule has 0 spiro atoms. The lowest BCUT2D eigenvalue weighted by Crippen LogP contribution is -2.46. The zero-order valence-electron chi connectivity index (χ0n) is 12.2. The molecule has 1 amide bonds. The molecule has 5 nitrogen and oxygen atoms in total. The fraction of sp³-hybridized carbons (Fsp3) is 0.467. The average Bonchev–Trinajstić information content (AvgIpc) is 2.52. The second-order valence-electron chi connectivity index (χ2n) is 5.48. The lowest BCUT2D eigenvalue weighted by molar-refractivity contribution is -0.137. The average molecular weight is 327 g/mol. The number of rotatable bonds is 4. The zero-order valence-corrected chi connectivity index (χ0v) is 12.2. The van der Waals surface area contributed by atoms with E-state index in [0.29, 0.717) is 26.1 Å². The Bertz CT molecular complexity index is 632. The first-order valence-corrected chi connectivity index (χ1v) is 7.01. The van der Waals surface area contributed by atoms with Crippen LogP contribution in [0, 0.1) is 16.7 Å². The lowest BCUT2D eigenvalue weighted by atomic mass is 9.79. The number of nitriles is 1. The van der Waals surface area contributed by atoms with Gasteiger partial charge >= 0.3 is 6.18 Å². The van der Waals surface area contributed by atoms with E-state index in [4.69, 9.17) is 15.7 Å². The van der Waals surface area contributed by atoms with Gasteiger partial charge in [-0.15, -0.1) is 0 Å². The molecule has 1 aliphatic heterocycles. The Morgan fingerprint density at radius 3 is 2.57 bits per heavy atom. The third kappa shape index (κ3) is 3.74. The molecule has 1 saturated heterocycles. The lowest BCUT2D eigenvalue weighted by Gasteiger charge is -2.34.